The SMILES string of the molecule is CCCCC=CC(=O)NC. The third-order valence-corrected chi connectivity index (χ3v) is 1.24. The van der Waals surface area contributed by atoms with Gasteiger partial charge >= 0.3 is 0 Å². The normalized spacial score (nSPS) is 10.2. The highest BCUT2D eigenvalue weighted by atomic mass is 16.1. The number of carbonyl (C=O) groups is 1. The van der Waals surface area contributed by atoms with Gasteiger partial charge in [-0.25, -0.2) is 0 Å². The lowest BCUT2D eigenvalue weighted by Crippen LogP contribution is -2.13. The first-order valence-corrected chi connectivity index (χ1v) is 3.69. The van der Waals surface area contributed by atoms with E-state index in [9.17, 15) is 4.79 Å². The summed E-state index contributed by atoms with van der Waals surface area (Å²) < 4.78 is 0. The highest BCUT2D eigenvalue weighted by Crippen LogP contribution is 1.93. The number of rotatable bonds is 4. The molecule has 2 heteroatoms. The third-order valence-electron chi connectivity index (χ3n) is 1.24. The molecule has 0 atom stereocenters. The van der Waals surface area contributed by atoms with E-state index in [4.69, 9.17) is 0 Å². The fourth-order valence-corrected chi connectivity index (χ4v) is 0.596. The monoisotopic (exact) mass is 141 g/mol. The smallest absolute Gasteiger partial charge is 0.243 e. The third kappa shape index (κ3) is 5.35. The lowest BCUT2D eigenvalue weighted by atomic mass is 10.2. The first-order valence-electron chi connectivity index (χ1n) is 3.69. The Hall–Kier alpha value is -0.790. The number of hydrogen-bond acceptors (Lipinski definition) is 1. The van der Waals surface area contributed by atoms with Crippen molar-refractivity contribution in [3.8, 4) is 0 Å². The van der Waals surface area contributed by atoms with Crippen molar-refractivity contribution in [2.75, 3.05) is 7.05 Å². The highest BCUT2D eigenvalue weighted by Gasteiger charge is 1.85. The van der Waals surface area contributed by atoms with E-state index in [0.717, 1.165) is 12.8 Å². The van der Waals surface area contributed by atoms with Crippen molar-refractivity contribution in [2.24, 2.45) is 0 Å². The fourth-order valence-electron chi connectivity index (χ4n) is 0.596. The van der Waals surface area contributed by atoms with E-state index in [1.54, 1.807) is 13.1 Å². The summed E-state index contributed by atoms with van der Waals surface area (Å²) in [6, 6.07) is 0. The van der Waals surface area contributed by atoms with Gasteiger partial charge in [0.25, 0.3) is 0 Å². The van der Waals surface area contributed by atoms with Crippen LogP contribution in [-0.4, -0.2) is 13.0 Å². The lowest BCUT2D eigenvalue weighted by Gasteiger charge is -1.89. The Kier molecular flexibility index (Phi) is 5.83. The van der Waals surface area contributed by atoms with Crippen molar-refractivity contribution in [1.82, 2.24) is 5.32 Å². The van der Waals surface area contributed by atoms with E-state index in [1.165, 1.54) is 6.42 Å². The molecule has 2 nitrogen and oxygen atoms in total. The van der Waals surface area contributed by atoms with E-state index in [-0.39, 0.29) is 5.91 Å². The average Bonchev–Trinajstić information content (AvgIpc) is 1.98. The maximum absolute atomic E-state index is 10.6. The quantitative estimate of drug-likeness (QED) is 0.466. The molecule has 0 aromatic rings. The Balaban J connectivity index is 3.27. The van der Waals surface area contributed by atoms with Crippen molar-refractivity contribution in [2.45, 2.75) is 26.2 Å². The standard InChI is InChI=1S/C8H15NO/c1-3-4-5-6-7-8(10)9-2/h6-7H,3-5H2,1-2H3,(H,9,10). The molecule has 0 saturated heterocycles. The predicted molar refractivity (Wildman–Crippen MR) is 42.7 cm³/mol. The molecule has 0 aliphatic heterocycles. The average molecular weight is 141 g/mol. The van der Waals surface area contributed by atoms with E-state index in [2.05, 4.69) is 12.2 Å². The molecular weight excluding hydrogens is 126 g/mol. The van der Waals surface area contributed by atoms with Crippen LogP contribution in [0.15, 0.2) is 12.2 Å². The number of amides is 1. The summed E-state index contributed by atoms with van der Waals surface area (Å²) in [5, 5.41) is 2.52. The molecule has 0 aliphatic rings. The molecule has 0 spiro atoms. The molecule has 0 bridgehead atoms. The number of carbonyl (C=O) groups excluding carboxylic acids is 1. The Morgan fingerprint density at radius 1 is 1.60 bits per heavy atom. The maximum atomic E-state index is 10.6. The number of likely N-dealkylation sites (N-methyl/N-ethyl adjacent to an activating group) is 1. The van der Waals surface area contributed by atoms with Crippen LogP contribution in [0.4, 0.5) is 0 Å². The van der Waals surface area contributed by atoms with Gasteiger partial charge < -0.3 is 5.32 Å². The van der Waals surface area contributed by atoms with Crippen LogP contribution in [0, 0.1) is 0 Å². The molecular formula is C8H15NO. The minimum atomic E-state index is -0.0175. The Bertz CT molecular complexity index is 118. The van der Waals surface area contributed by atoms with Crippen LogP contribution in [0.3, 0.4) is 0 Å². The summed E-state index contributed by atoms with van der Waals surface area (Å²) >= 11 is 0. The van der Waals surface area contributed by atoms with Gasteiger partial charge in [-0.1, -0.05) is 25.8 Å². The Morgan fingerprint density at radius 3 is 2.80 bits per heavy atom. The molecule has 0 unspecified atom stereocenters. The lowest BCUT2D eigenvalue weighted by molar-refractivity contribution is -0.116. The van der Waals surface area contributed by atoms with Crippen molar-refractivity contribution in [3.63, 3.8) is 0 Å². The summed E-state index contributed by atoms with van der Waals surface area (Å²) in [6.07, 6.45) is 6.83. The van der Waals surface area contributed by atoms with Gasteiger partial charge in [-0.3, -0.25) is 4.79 Å². The van der Waals surface area contributed by atoms with Crippen molar-refractivity contribution >= 4 is 5.91 Å². The highest BCUT2D eigenvalue weighted by molar-refractivity contribution is 5.87. The zero-order valence-corrected chi connectivity index (χ0v) is 6.68. The minimum absolute atomic E-state index is 0.0175. The first kappa shape index (κ1) is 9.21. The van der Waals surface area contributed by atoms with Crippen LogP contribution >= 0.6 is 0 Å². The van der Waals surface area contributed by atoms with E-state index in [0.29, 0.717) is 0 Å². The van der Waals surface area contributed by atoms with E-state index >= 15 is 0 Å². The molecule has 1 N–H and O–H groups in total. The summed E-state index contributed by atoms with van der Waals surface area (Å²) in [7, 11) is 1.63. The van der Waals surface area contributed by atoms with Gasteiger partial charge in [0.2, 0.25) is 5.91 Å². The van der Waals surface area contributed by atoms with Crippen LogP contribution in [0.2, 0.25) is 0 Å². The van der Waals surface area contributed by atoms with Crippen molar-refractivity contribution in [3.05, 3.63) is 12.2 Å². The second-order valence-electron chi connectivity index (χ2n) is 2.16. The second-order valence-corrected chi connectivity index (χ2v) is 2.16. The van der Waals surface area contributed by atoms with Crippen LogP contribution in [0.1, 0.15) is 26.2 Å². The van der Waals surface area contributed by atoms with Crippen molar-refractivity contribution < 1.29 is 4.79 Å². The molecule has 0 aromatic carbocycles. The Labute approximate surface area is 62.3 Å². The molecule has 0 saturated carbocycles. The molecule has 58 valence electrons. The molecule has 0 heterocycles. The number of nitrogens with one attached hydrogen (secondary N) is 1. The van der Waals surface area contributed by atoms with E-state index in [1.807, 2.05) is 6.08 Å². The molecule has 0 radical (unpaired) electrons. The molecule has 0 rings (SSSR count). The second kappa shape index (κ2) is 6.33. The molecule has 0 fully saturated rings. The van der Waals surface area contributed by atoms with Gasteiger partial charge in [-0.05, 0) is 12.5 Å². The summed E-state index contributed by atoms with van der Waals surface area (Å²) in [5.41, 5.74) is 0. The van der Waals surface area contributed by atoms with Crippen LogP contribution in [0.5, 0.6) is 0 Å². The van der Waals surface area contributed by atoms with Gasteiger partial charge in [0.05, 0.1) is 0 Å². The Morgan fingerprint density at radius 2 is 2.30 bits per heavy atom. The van der Waals surface area contributed by atoms with Crippen molar-refractivity contribution in [1.29, 1.82) is 0 Å². The molecule has 1 amide bonds. The van der Waals surface area contributed by atoms with Gasteiger partial charge in [0.15, 0.2) is 0 Å². The predicted octanol–water partition coefficient (Wildman–Crippen LogP) is 1.48. The zero-order valence-electron chi connectivity index (χ0n) is 6.68. The van der Waals surface area contributed by atoms with Gasteiger partial charge in [0.1, 0.15) is 0 Å². The zero-order chi connectivity index (χ0) is 7.82. The number of hydrogen-bond donors (Lipinski definition) is 1. The van der Waals surface area contributed by atoms with Crippen LogP contribution in [-0.2, 0) is 4.79 Å². The van der Waals surface area contributed by atoms with Crippen LogP contribution < -0.4 is 5.32 Å². The molecule has 10 heavy (non-hydrogen) atoms. The molecule has 0 aliphatic carbocycles. The number of unbranched alkanes of at least 4 members (excludes halogenated alkanes) is 2. The van der Waals surface area contributed by atoms with Gasteiger partial charge in [0, 0.05) is 7.05 Å². The summed E-state index contributed by atoms with van der Waals surface area (Å²) in [4.78, 5) is 10.6. The van der Waals surface area contributed by atoms with E-state index < -0.39 is 0 Å². The topological polar surface area (TPSA) is 29.1 Å². The van der Waals surface area contributed by atoms with Crippen LogP contribution in [0.25, 0.3) is 0 Å². The maximum Gasteiger partial charge on any atom is 0.243 e. The minimum Gasteiger partial charge on any atom is -0.356 e. The summed E-state index contributed by atoms with van der Waals surface area (Å²) in [5.74, 6) is -0.0175. The summed E-state index contributed by atoms with van der Waals surface area (Å²) in [6.45, 7) is 2.13. The van der Waals surface area contributed by atoms with Gasteiger partial charge in [-0.2, -0.15) is 0 Å². The fraction of sp³-hybridized carbons (Fsp3) is 0.625. The first-order chi connectivity index (χ1) is 4.81. The largest absolute Gasteiger partial charge is 0.356 e. The van der Waals surface area contributed by atoms with Gasteiger partial charge in [-0.15, -0.1) is 0 Å². The molecule has 0 aromatic heterocycles. The number of allylic oxidation sites excluding steroid dienone is 1.